The number of nitrogen functional groups attached to an aromatic ring is 1. The van der Waals surface area contributed by atoms with Crippen LogP contribution in [0.2, 0.25) is 0 Å². The molecule has 0 spiro atoms. The van der Waals surface area contributed by atoms with Gasteiger partial charge in [0.2, 0.25) is 5.95 Å². The summed E-state index contributed by atoms with van der Waals surface area (Å²) >= 11 is 0. The van der Waals surface area contributed by atoms with Crippen molar-refractivity contribution >= 4 is 11.8 Å². The molecule has 18 heavy (non-hydrogen) atoms. The minimum absolute atomic E-state index is 0.00232. The number of benzene rings is 1. The standard InChI is InChI=1S/C12H12F2N4/c1-18(7-8-3-2-4-9(13)5-8)11-10(14)6-16-12(15)17-11/h2-6H,7H2,1H3,(H2,15,16,17). The Labute approximate surface area is 103 Å². The van der Waals surface area contributed by atoms with E-state index in [1.165, 1.54) is 12.1 Å². The van der Waals surface area contributed by atoms with Gasteiger partial charge in [-0.1, -0.05) is 12.1 Å². The van der Waals surface area contributed by atoms with Crippen LogP contribution in [0.4, 0.5) is 20.5 Å². The molecule has 4 nitrogen and oxygen atoms in total. The molecule has 1 aromatic carbocycles. The van der Waals surface area contributed by atoms with Crippen molar-refractivity contribution in [2.75, 3.05) is 17.7 Å². The Bertz CT molecular complexity index is 560. The molecule has 2 N–H and O–H groups in total. The van der Waals surface area contributed by atoms with Crippen LogP contribution >= 0.6 is 0 Å². The molecule has 0 atom stereocenters. The van der Waals surface area contributed by atoms with Crippen molar-refractivity contribution < 1.29 is 8.78 Å². The van der Waals surface area contributed by atoms with E-state index < -0.39 is 5.82 Å². The van der Waals surface area contributed by atoms with E-state index in [2.05, 4.69) is 9.97 Å². The summed E-state index contributed by atoms with van der Waals surface area (Å²) in [6.45, 7) is 0.325. The highest BCUT2D eigenvalue weighted by molar-refractivity contribution is 5.42. The zero-order valence-electron chi connectivity index (χ0n) is 9.77. The summed E-state index contributed by atoms with van der Waals surface area (Å²) in [5, 5.41) is 0. The summed E-state index contributed by atoms with van der Waals surface area (Å²) in [6.07, 6.45) is 1.01. The fourth-order valence-corrected chi connectivity index (χ4v) is 1.62. The number of nitrogens with zero attached hydrogens (tertiary/aromatic N) is 3. The minimum atomic E-state index is -0.567. The van der Waals surface area contributed by atoms with Crippen LogP contribution < -0.4 is 10.6 Å². The Hall–Kier alpha value is -2.24. The van der Waals surface area contributed by atoms with E-state index in [1.807, 2.05) is 0 Å². The summed E-state index contributed by atoms with van der Waals surface area (Å²) in [4.78, 5) is 8.91. The van der Waals surface area contributed by atoms with Gasteiger partial charge in [0.15, 0.2) is 11.6 Å². The average molecular weight is 250 g/mol. The summed E-state index contributed by atoms with van der Waals surface area (Å²) in [7, 11) is 1.65. The molecule has 94 valence electrons. The Balaban J connectivity index is 2.21. The molecule has 2 aromatic rings. The van der Waals surface area contributed by atoms with Crippen LogP contribution in [0.1, 0.15) is 5.56 Å². The van der Waals surface area contributed by atoms with E-state index in [-0.39, 0.29) is 17.6 Å². The molecule has 0 radical (unpaired) electrons. The van der Waals surface area contributed by atoms with Crippen LogP contribution in [-0.4, -0.2) is 17.0 Å². The van der Waals surface area contributed by atoms with Gasteiger partial charge in [-0.2, -0.15) is 4.98 Å². The lowest BCUT2D eigenvalue weighted by Crippen LogP contribution is -2.20. The molecule has 0 aliphatic rings. The summed E-state index contributed by atoms with van der Waals surface area (Å²) < 4.78 is 26.5. The van der Waals surface area contributed by atoms with Crippen molar-refractivity contribution in [1.29, 1.82) is 0 Å². The third kappa shape index (κ3) is 2.71. The van der Waals surface area contributed by atoms with Gasteiger partial charge in [-0.15, -0.1) is 0 Å². The van der Waals surface area contributed by atoms with Crippen molar-refractivity contribution in [2.45, 2.75) is 6.54 Å². The van der Waals surface area contributed by atoms with Gasteiger partial charge in [-0.25, -0.2) is 13.8 Å². The van der Waals surface area contributed by atoms with Crippen LogP contribution in [0.5, 0.6) is 0 Å². The number of hydrogen-bond acceptors (Lipinski definition) is 4. The second-order valence-electron chi connectivity index (χ2n) is 3.89. The Morgan fingerprint density at radius 3 is 2.83 bits per heavy atom. The molecule has 0 aliphatic heterocycles. The second-order valence-corrected chi connectivity index (χ2v) is 3.89. The number of hydrogen-bond donors (Lipinski definition) is 1. The van der Waals surface area contributed by atoms with E-state index in [1.54, 1.807) is 24.1 Å². The lowest BCUT2D eigenvalue weighted by Gasteiger charge is -2.18. The highest BCUT2D eigenvalue weighted by Gasteiger charge is 2.11. The number of anilines is 2. The van der Waals surface area contributed by atoms with Gasteiger partial charge >= 0.3 is 0 Å². The minimum Gasteiger partial charge on any atom is -0.368 e. The summed E-state index contributed by atoms with van der Waals surface area (Å²) in [6, 6.07) is 6.09. The molecule has 6 heteroatoms. The molecule has 0 bridgehead atoms. The molecule has 0 aliphatic carbocycles. The topological polar surface area (TPSA) is 55.0 Å². The monoisotopic (exact) mass is 250 g/mol. The molecular weight excluding hydrogens is 238 g/mol. The number of rotatable bonds is 3. The first kappa shape index (κ1) is 12.2. The van der Waals surface area contributed by atoms with E-state index in [0.29, 0.717) is 12.1 Å². The third-order valence-electron chi connectivity index (χ3n) is 2.41. The number of halogens is 2. The fraction of sp³-hybridized carbons (Fsp3) is 0.167. The zero-order chi connectivity index (χ0) is 13.1. The van der Waals surface area contributed by atoms with Crippen molar-refractivity contribution in [3.05, 3.63) is 47.7 Å². The number of nitrogens with two attached hydrogens (primary N) is 1. The summed E-state index contributed by atoms with van der Waals surface area (Å²) in [5.74, 6) is -0.809. The van der Waals surface area contributed by atoms with Gasteiger partial charge in [0.05, 0.1) is 6.20 Å². The fourth-order valence-electron chi connectivity index (χ4n) is 1.62. The predicted molar refractivity (Wildman–Crippen MR) is 64.9 cm³/mol. The molecule has 0 fully saturated rings. The molecule has 1 heterocycles. The molecule has 2 rings (SSSR count). The lowest BCUT2D eigenvalue weighted by atomic mass is 10.2. The van der Waals surface area contributed by atoms with Gasteiger partial charge in [0, 0.05) is 13.6 Å². The quantitative estimate of drug-likeness (QED) is 0.904. The average Bonchev–Trinajstić information content (AvgIpc) is 2.32. The van der Waals surface area contributed by atoms with Crippen molar-refractivity contribution in [2.24, 2.45) is 0 Å². The Kier molecular flexibility index (Phi) is 3.36. The van der Waals surface area contributed by atoms with Gasteiger partial charge < -0.3 is 10.6 Å². The maximum absolute atomic E-state index is 13.5. The van der Waals surface area contributed by atoms with E-state index in [9.17, 15) is 8.78 Å². The second kappa shape index (κ2) is 4.95. The van der Waals surface area contributed by atoms with Gasteiger partial charge in [0.25, 0.3) is 0 Å². The third-order valence-corrected chi connectivity index (χ3v) is 2.41. The van der Waals surface area contributed by atoms with Crippen LogP contribution in [0.15, 0.2) is 30.5 Å². The molecule has 1 aromatic heterocycles. The van der Waals surface area contributed by atoms with Gasteiger partial charge in [0.1, 0.15) is 5.82 Å². The van der Waals surface area contributed by atoms with Gasteiger partial charge in [-0.05, 0) is 17.7 Å². The highest BCUT2D eigenvalue weighted by Crippen LogP contribution is 2.17. The summed E-state index contributed by atoms with van der Waals surface area (Å²) in [5.41, 5.74) is 6.12. The predicted octanol–water partition coefficient (Wildman–Crippen LogP) is 1.97. The van der Waals surface area contributed by atoms with E-state index in [0.717, 1.165) is 6.20 Å². The first-order valence-electron chi connectivity index (χ1n) is 5.30. The first-order chi connectivity index (χ1) is 8.56. The zero-order valence-corrected chi connectivity index (χ0v) is 9.77. The van der Waals surface area contributed by atoms with E-state index >= 15 is 0 Å². The first-order valence-corrected chi connectivity index (χ1v) is 5.30. The smallest absolute Gasteiger partial charge is 0.222 e. The molecule has 0 amide bonds. The lowest BCUT2D eigenvalue weighted by molar-refractivity contribution is 0.607. The largest absolute Gasteiger partial charge is 0.368 e. The maximum atomic E-state index is 13.5. The van der Waals surface area contributed by atoms with Crippen LogP contribution in [0.25, 0.3) is 0 Å². The molecular formula is C12H12F2N4. The Morgan fingerprint density at radius 2 is 2.11 bits per heavy atom. The van der Waals surface area contributed by atoms with Crippen molar-refractivity contribution in [3.8, 4) is 0 Å². The normalized spacial score (nSPS) is 10.4. The van der Waals surface area contributed by atoms with Crippen LogP contribution in [-0.2, 0) is 6.54 Å². The van der Waals surface area contributed by atoms with Crippen molar-refractivity contribution in [3.63, 3.8) is 0 Å². The number of aromatic nitrogens is 2. The van der Waals surface area contributed by atoms with Crippen LogP contribution in [0.3, 0.4) is 0 Å². The highest BCUT2D eigenvalue weighted by atomic mass is 19.1. The van der Waals surface area contributed by atoms with Crippen LogP contribution in [0, 0.1) is 11.6 Å². The van der Waals surface area contributed by atoms with Gasteiger partial charge in [-0.3, -0.25) is 0 Å². The Morgan fingerprint density at radius 1 is 1.33 bits per heavy atom. The van der Waals surface area contributed by atoms with E-state index in [4.69, 9.17) is 5.73 Å². The van der Waals surface area contributed by atoms with Crippen molar-refractivity contribution in [1.82, 2.24) is 9.97 Å². The molecule has 0 saturated heterocycles. The maximum Gasteiger partial charge on any atom is 0.222 e. The SMILES string of the molecule is CN(Cc1cccc(F)c1)c1nc(N)ncc1F. The molecule has 0 saturated carbocycles. The molecule has 0 unspecified atom stereocenters.